The number of hydrogen-bond acceptors (Lipinski definition) is 1. The Hall–Kier alpha value is -2.35. The molecule has 0 aliphatic heterocycles. The van der Waals surface area contributed by atoms with Crippen LogP contribution in [0.4, 0.5) is 0 Å². The van der Waals surface area contributed by atoms with Gasteiger partial charge in [-0.3, -0.25) is 4.79 Å². The van der Waals surface area contributed by atoms with Crippen molar-refractivity contribution in [2.75, 3.05) is 6.54 Å². The summed E-state index contributed by atoms with van der Waals surface area (Å²) in [6, 6.07) is 18.3. The monoisotopic (exact) mass is 279 g/mol. The number of nitrogens with one attached hydrogen (secondary N) is 1. The van der Waals surface area contributed by atoms with Crippen molar-refractivity contribution >= 4 is 12.0 Å². The van der Waals surface area contributed by atoms with Gasteiger partial charge >= 0.3 is 0 Å². The molecule has 0 fully saturated rings. The highest BCUT2D eigenvalue weighted by Crippen LogP contribution is 2.24. The van der Waals surface area contributed by atoms with E-state index in [1.165, 1.54) is 0 Å². The first kappa shape index (κ1) is 15.0. The van der Waals surface area contributed by atoms with Crippen LogP contribution in [0, 0.1) is 5.92 Å². The Balaban J connectivity index is 2.16. The molecule has 1 amide bonds. The van der Waals surface area contributed by atoms with Gasteiger partial charge in [-0.15, -0.1) is 0 Å². The summed E-state index contributed by atoms with van der Waals surface area (Å²) in [5.74, 6) is 0.408. The van der Waals surface area contributed by atoms with E-state index in [-0.39, 0.29) is 5.91 Å². The van der Waals surface area contributed by atoms with Gasteiger partial charge in [0, 0.05) is 12.6 Å². The molecule has 0 aromatic heterocycles. The maximum absolute atomic E-state index is 11.8. The second-order valence-electron chi connectivity index (χ2n) is 5.43. The molecule has 2 aromatic carbocycles. The van der Waals surface area contributed by atoms with E-state index < -0.39 is 0 Å². The molecule has 0 saturated carbocycles. The van der Waals surface area contributed by atoms with E-state index in [4.69, 9.17) is 0 Å². The lowest BCUT2D eigenvalue weighted by Gasteiger charge is -2.07. The minimum absolute atomic E-state index is 0.0495. The van der Waals surface area contributed by atoms with E-state index in [0.29, 0.717) is 12.5 Å². The molecule has 0 radical (unpaired) electrons. The quantitative estimate of drug-likeness (QED) is 0.819. The Kier molecular flexibility index (Phi) is 5.33. The van der Waals surface area contributed by atoms with Crippen molar-refractivity contribution in [3.63, 3.8) is 0 Å². The van der Waals surface area contributed by atoms with Gasteiger partial charge in [0.1, 0.15) is 0 Å². The summed E-state index contributed by atoms with van der Waals surface area (Å²) >= 11 is 0. The molecule has 21 heavy (non-hydrogen) atoms. The summed E-state index contributed by atoms with van der Waals surface area (Å²) in [4.78, 5) is 11.8. The smallest absolute Gasteiger partial charge is 0.244 e. The molecule has 1 N–H and O–H groups in total. The molecule has 0 unspecified atom stereocenters. The summed E-state index contributed by atoms with van der Waals surface area (Å²) in [5.41, 5.74) is 3.33. The Morgan fingerprint density at radius 2 is 1.71 bits per heavy atom. The minimum atomic E-state index is -0.0495. The fraction of sp³-hybridized carbons (Fsp3) is 0.211. The third-order valence-corrected chi connectivity index (χ3v) is 3.14. The van der Waals surface area contributed by atoms with Crippen LogP contribution in [0.3, 0.4) is 0 Å². The highest BCUT2D eigenvalue weighted by molar-refractivity contribution is 5.93. The van der Waals surface area contributed by atoms with Gasteiger partial charge < -0.3 is 5.32 Å². The van der Waals surface area contributed by atoms with Gasteiger partial charge in [0.05, 0.1) is 0 Å². The zero-order valence-electron chi connectivity index (χ0n) is 12.5. The molecule has 0 atom stereocenters. The summed E-state index contributed by atoms with van der Waals surface area (Å²) in [6.45, 7) is 4.85. The molecule has 0 spiro atoms. The summed E-state index contributed by atoms with van der Waals surface area (Å²) in [5, 5.41) is 2.89. The standard InChI is InChI=1S/C19H21NO/c1-15(2)14-20-19(21)13-12-17-10-6-7-11-18(17)16-8-4-3-5-9-16/h3-13,15H,14H2,1-2H3,(H,20,21)/b13-12+. The number of benzene rings is 2. The van der Waals surface area contributed by atoms with Crippen LogP contribution in [0.2, 0.25) is 0 Å². The maximum atomic E-state index is 11.8. The van der Waals surface area contributed by atoms with E-state index >= 15 is 0 Å². The summed E-state index contributed by atoms with van der Waals surface area (Å²) in [6.07, 6.45) is 3.47. The Morgan fingerprint density at radius 1 is 1.05 bits per heavy atom. The van der Waals surface area contributed by atoms with Gasteiger partial charge in [-0.1, -0.05) is 68.4 Å². The topological polar surface area (TPSA) is 29.1 Å². The van der Waals surface area contributed by atoms with Crippen molar-refractivity contribution in [2.24, 2.45) is 5.92 Å². The minimum Gasteiger partial charge on any atom is -0.352 e. The predicted molar refractivity (Wildman–Crippen MR) is 88.8 cm³/mol. The average Bonchev–Trinajstić information content (AvgIpc) is 2.52. The second kappa shape index (κ2) is 7.44. The highest BCUT2D eigenvalue weighted by Gasteiger charge is 2.02. The Labute approximate surface area is 126 Å². The number of hydrogen-bond donors (Lipinski definition) is 1. The summed E-state index contributed by atoms with van der Waals surface area (Å²) in [7, 11) is 0. The largest absolute Gasteiger partial charge is 0.352 e. The van der Waals surface area contributed by atoms with Gasteiger partial charge in [0.2, 0.25) is 5.91 Å². The fourth-order valence-corrected chi connectivity index (χ4v) is 2.05. The van der Waals surface area contributed by atoms with Crippen LogP contribution in [0.5, 0.6) is 0 Å². The van der Waals surface area contributed by atoms with Crippen LogP contribution in [0.25, 0.3) is 17.2 Å². The van der Waals surface area contributed by atoms with E-state index in [2.05, 4.69) is 37.4 Å². The lowest BCUT2D eigenvalue weighted by atomic mass is 9.99. The van der Waals surface area contributed by atoms with Crippen LogP contribution in [0.15, 0.2) is 60.7 Å². The predicted octanol–water partition coefficient (Wildman–Crippen LogP) is 4.14. The third kappa shape index (κ3) is 4.60. The van der Waals surface area contributed by atoms with E-state index in [0.717, 1.165) is 16.7 Å². The van der Waals surface area contributed by atoms with Crippen LogP contribution in [0.1, 0.15) is 19.4 Å². The van der Waals surface area contributed by atoms with Crippen molar-refractivity contribution < 1.29 is 4.79 Å². The van der Waals surface area contributed by atoms with Gasteiger partial charge in [-0.25, -0.2) is 0 Å². The molecule has 0 heterocycles. The molecule has 0 aliphatic carbocycles. The van der Waals surface area contributed by atoms with Gasteiger partial charge in [-0.2, -0.15) is 0 Å². The average molecular weight is 279 g/mol. The molecule has 0 saturated heterocycles. The van der Waals surface area contributed by atoms with Crippen LogP contribution >= 0.6 is 0 Å². The van der Waals surface area contributed by atoms with Crippen molar-refractivity contribution in [3.8, 4) is 11.1 Å². The number of carbonyl (C=O) groups is 1. The first-order valence-electron chi connectivity index (χ1n) is 7.27. The molecule has 2 heteroatoms. The Morgan fingerprint density at radius 3 is 2.43 bits per heavy atom. The molecule has 0 aliphatic rings. The summed E-state index contributed by atoms with van der Waals surface area (Å²) < 4.78 is 0. The lowest BCUT2D eigenvalue weighted by Crippen LogP contribution is -2.25. The van der Waals surface area contributed by atoms with Gasteiger partial charge in [-0.05, 0) is 28.7 Å². The van der Waals surface area contributed by atoms with E-state index in [9.17, 15) is 4.79 Å². The lowest BCUT2D eigenvalue weighted by molar-refractivity contribution is -0.116. The molecule has 2 rings (SSSR count). The van der Waals surface area contributed by atoms with Crippen molar-refractivity contribution in [1.29, 1.82) is 0 Å². The van der Waals surface area contributed by atoms with E-state index in [1.807, 2.05) is 42.5 Å². The van der Waals surface area contributed by atoms with Gasteiger partial charge in [0.25, 0.3) is 0 Å². The normalized spacial score (nSPS) is 11.0. The van der Waals surface area contributed by atoms with Crippen molar-refractivity contribution in [3.05, 3.63) is 66.2 Å². The Bertz CT molecular complexity index is 614. The second-order valence-corrected chi connectivity index (χ2v) is 5.43. The third-order valence-electron chi connectivity index (χ3n) is 3.14. The number of carbonyl (C=O) groups excluding carboxylic acids is 1. The highest BCUT2D eigenvalue weighted by atomic mass is 16.1. The number of rotatable bonds is 5. The van der Waals surface area contributed by atoms with Crippen LogP contribution in [-0.4, -0.2) is 12.5 Å². The van der Waals surface area contributed by atoms with Crippen molar-refractivity contribution in [2.45, 2.75) is 13.8 Å². The molecule has 108 valence electrons. The zero-order chi connectivity index (χ0) is 15.1. The SMILES string of the molecule is CC(C)CNC(=O)/C=C/c1ccccc1-c1ccccc1. The fourth-order valence-electron chi connectivity index (χ4n) is 2.05. The van der Waals surface area contributed by atoms with Crippen LogP contribution in [-0.2, 0) is 4.79 Å². The van der Waals surface area contributed by atoms with E-state index in [1.54, 1.807) is 6.08 Å². The van der Waals surface area contributed by atoms with Crippen LogP contribution < -0.4 is 5.32 Å². The van der Waals surface area contributed by atoms with Gasteiger partial charge in [0.15, 0.2) is 0 Å². The molecule has 2 aromatic rings. The zero-order valence-corrected chi connectivity index (χ0v) is 12.5. The first-order valence-corrected chi connectivity index (χ1v) is 7.27. The molecular weight excluding hydrogens is 258 g/mol. The molecular formula is C19H21NO. The number of amides is 1. The molecule has 0 bridgehead atoms. The molecule has 2 nitrogen and oxygen atoms in total. The van der Waals surface area contributed by atoms with Crippen molar-refractivity contribution in [1.82, 2.24) is 5.32 Å². The maximum Gasteiger partial charge on any atom is 0.244 e. The first-order chi connectivity index (χ1) is 10.2.